The largest absolute Gasteiger partial charge is 0.416 e. The van der Waals surface area contributed by atoms with Crippen molar-refractivity contribution in [3.8, 4) is 0 Å². The van der Waals surface area contributed by atoms with Crippen molar-refractivity contribution in [1.29, 1.82) is 0 Å². The summed E-state index contributed by atoms with van der Waals surface area (Å²) in [5.74, 6) is -0.550. The normalized spacial score (nSPS) is 13.2. The van der Waals surface area contributed by atoms with Gasteiger partial charge in [0.25, 0.3) is 0 Å². The van der Waals surface area contributed by atoms with E-state index in [0.717, 1.165) is 12.1 Å². The first-order chi connectivity index (χ1) is 7.84. The summed E-state index contributed by atoms with van der Waals surface area (Å²) in [5, 5.41) is 2.48. The Morgan fingerprint density at radius 2 is 1.88 bits per heavy atom. The van der Waals surface area contributed by atoms with E-state index < -0.39 is 11.7 Å². The predicted octanol–water partition coefficient (Wildman–Crippen LogP) is 3.52. The number of rotatable bonds is 3. The number of nitrogens with one attached hydrogen (secondary N) is 1. The van der Waals surface area contributed by atoms with Crippen LogP contribution in [0.3, 0.4) is 0 Å². The molecule has 1 rings (SSSR count). The van der Waals surface area contributed by atoms with Crippen LogP contribution in [0.15, 0.2) is 24.3 Å². The lowest BCUT2D eigenvalue weighted by Gasteiger charge is -2.10. The number of benzene rings is 1. The minimum absolute atomic E-state index is 0.159. The Bertz CT molecular complexity index is 389. The number of hydrogen-bond acceptors (Lipinski definition) is 1. The molecule has 0 spiro atoms. The van der Waals surface area contributed by atoms with Crippen molar-refractivity contribution in [1.82, 2.24) is 0 Å². The van der Waals surface area contributed by atoms with Gasteiger partial charge in [0, 0.05) is 17.5 Å². The minimum Gasteiger partial charge on any atom is -0.326 e. The second-order valence-corrected chi connectivity index (χ2v) is 3.93. The van der Waals surface area contributed by atoms with Crippen LogP contribution in [0.1, 0.15) is 12.5 Å². The zero-order chi connectivity index (χ0) is 13.1. The van der Waals surface area contributed by atoms with Crippen molar-refractivity contribution in [2.24, 2.45) is 5.92 Å². The van der Waals surface area contributed by atoms with E-state index in [1.54, 1.807) is 6.92 Å². The van der Waals surface area contributed by atoms with Gasteiger partial charge in [-0.25, -0.2) is 0 Å². The van der Waals surface area contributed by atoms with Crippen molar-refractivity contribution < 1.29 is 18.0 Å². The van der Waals surface area contributed by atoms with Gasteiger partial charge in [-0.2, -0.15) is 13.2 Å². The molecule has 1 aromatic carbocycles. The molecule has 0 radical (unpaired) electrons. The molecule has 0 fully saturated rings. The third-order valence-electron chi connectivity index (χ3n) is 2.16. The fourth-order valence-corrected chi connectivity index (χ4v) is 1.22. The average Bonchev–Trinajstić information content (AvgIpc) is 2.27. The van der Waals surface area contributed by atoms with E-state index in [9.17, 15) is 18.0 Å². The Morgan fingerprint density at radius 3 is 2.29 bits per heavy atom. The number of anilines is 1. The Labute approximate surface area is 102 Å². The Balaban J connectivity index is 2.73. The molecule has 0 aliphatic carbocycles. The fourth-order valence-electron chi connectivity index (χ4n) is 1.08. The first kappa shape index (κ1) is 13.8. The lowest BCUT2D eigenvalue weighted by Crippen LogP contribution is -2.21. The summed E-state index contributed by atoms with van der Waals surface area (Å²) < 4.78 is 36.8. The first-order valence-electron chi connectivity index (χ1n) is 4.88. The van der Waals surface area contributed by atoms with Gasteiger partial charge < -0.3 is 5.32 Å². The number of amides is 1. The number of alkyl halides is 4. The van der Waals surface area contributed by atoms with Crippen LogP contribution in [-0.4, -0.2) is 11.8 Å². The third-order valence-corrected chi connectivity index (χ3v) is 2.62. The highest BCUT2D eigenvalue weighted by molar-refractivity contribution is 6.19. The van der Waals surface area contributed by atoms with Crippen LogP contribution in [0.5, 0.6) is 0 Å². The van der Waals surface area contributed by atoms with Crippen LogP contribution in [0.2, 0.25) is 0 Å². The Hall–Kier alpha value is -1.23. The minimum atomic E-state index is -4.37. The standard InChI is InChI=1S/C11H11ClF3NO/c1-7(6-12)10(17)16-9-4-2-8(3-5-9)11(13,14)15/h2-5,7H,6H2,1H3,(H,16,17). The third kappa shape index (κ3) is 3.93. The fraction of sp³-hybridized carbons (Fsp3) is 0.364. The van der Waals surface area contributed by atoms with Crippen LogP contribution >= 0.6 is 11.6 Å². The molecule has 0 aliphatic heterocycles. The quantitative estimate of drug-likeness (QED) is 0.833. The van der Waals surface area contributed by atoms with E-state index in [0.29, 0.717) is 5.69 Å². The van der Waals surface area contributed by atoms with Gasteiger partial charge in [-0.1, -0.05) is 6.92 Å². The highest BCUT2D eigenvalue weighted by atomic mass is 35.5. The second-order valence-electron chi connectivity index (χ2n) is 3.62. The summed E-state index contributed by atoms with van der Waals surface area (Å²) in [6, 6.07) is 4.26. The van der Waals surface area contributed by atoms with Crippen molar-refractivity contribution in [3.05, 3.63) is 29.8 Å². The van der Waals surface area contributed by atoms with E-state index in [4.69, 9.17) is 11.6 Å². The van der Waals surface area contributed by atoms with Gasteiger partial charge in [0.05, 0.1) is 5.56 Å². The molecule has 0 saturated carbocycles. The van der Waals surface area contributed by atoms with Crippen molar-refractivity contribution >= 4 is 23.2 Å². The first-order valence-corrected chi connectivity index (χ1v) is 5.42. The summed E-state index contributed by atoms with van der Waals surface area (Å²) in [6.45, 7) is 1.63. The van der Waals surface area contributed by atoms with Gasteiger partial charge in [-0.3, -0.25) is 4.79 Å². The van der Waals surface area contributed by atoms with E-state index in [1.807, 2.05) is 0 Å². The number of hydrogen-bond donors (Lipinski definition) is 1. The molecule has 0 aromatic heterocycles. The molecule has 6 heteroatoms. The second kappa shape index (κ2) is 5.40. The monoisotopic (exact) mass is 265 g/mol. The molecule has 0 bridgehead atoms. The molecule has 94 valence electrons. The van der Waals surface area contributed by atoms with Crippen LogP contribution in [-0.2, 0) is 11.0 Å². The van der Waals surface area contributed by atoms with E-state index >= 15 is 0 Å². The summed E-state index contributed by atoms with van der Waals surface area (Å²) in [6.07, 6.45) is -4.37. The molecule has 1 unspecified atom stereocenters. The molecule has 1 aromatic rings. The topological polar surface area (TPSA) is 29.1 Å². The maximum absolute atomic E-state index is 12.3. The molecule has 1 atom stereocenters. The molecule has 1 N–H and O–H groups in total. The molecule has 1 amide bonds. The van der Waals surface area contributed by atoms with Crippen LogP contribution in [0.4, 0.5) is 18.9 Å². The lowest BCUT2D eigenvalue weighted by molar-refractivity contribution is -0.137. The SMILES string of the molecule is CC(CCl)C(=O)Nc1ccc(C(F)(F)F)cc1. The van der Waals surface area contributed by atoms with E-state index in [2.05, 4.69) is 5.32 Å². The maximum atomic E-state index is 12.3. The average molecular weight is 266 g/mol. The van der Waals surface area contributed by atoms with Gasteiger partial charge in [-0.15, -0.1) is 11.6 Å². The van der Waals surface area contributed by atoms with Gasteiger partial charge in [0.2, 0.25) is 5.91 Å². The van der Waals surface area contributed by atoms with Gasteiger partial charge in [0.15, 0.2) is 0 Å². The van der Waals surface area contributed by atoms with Crippen molar-refractivity contribution in [2.45, 2.75) is 13.1 Å². The smallest absolute Gasteiger partial charge is 0.326 e. The zero-order valence-corrected chi connectivity index (χ0v) is 9.77. The van der Waals surface area contributed by atoms with Crippen molar-refractivity contribution in [3.63, 3.8) is 0 Å². The highest BCUT2D eigenvalue weighted by Gasteiger charge is 2.30. The molecular weight excluding hydrogens is 255 g/mol. The molecule has 0 aliphatic rings. The van der Waals surface area contributed by atoms with E-state index in [-0.39, 0.29) is 17.7 Å². The van der Waals surface area contributed by atoms with Crippen molar-refractivity contribution in [2.75, 3.05) is 11.2 Å². The summed E-state index contributed by atoms with van der Waals surface area (Å²) in [7, 11) is 0. The van der Waals surface area contributed by atoms with Gasteiger partial charge >= 0.3 is 6.18 Å². The number of carbonyl (C=O) groups excluding carboxylic acids is 1. The predicted molar refractivity (Wildman–Crippen MR) is 60.0 cm³/mol. The van der Waals surface area contributed by atoms with Gasteiger partial charge in [0.1, 0.15) is 0 Å². The summed E-state index contributed by atoms with van der Waals surface area (Å²) in [4.78, 5) is 11.4. The van der Waals surface area contributed by atoms with Crippen LogP contribution in [0.25, 0.3) is 0 Å². The Kier molecular flexibility index (Phi) is 4.40. The summed E-state index contributed by atoms with van der Waals surface area (Å²) >= 11 is 5.49. The number of halogens is 4. The molecule has 0 heterocycles. The van der Waals surface area contributed by atoms with Crippen LogP contribution in [0, 0.1) is 5.92 Å². The van der Waals surface area contributed by atoms with Crippen LogP contribution < -0.4 is 5.32 Å². The number of carbonyl (C=O) groups is 1. The van der Waals surface area contributed by atoms with E-state index in [1.165, 1.54) is 12.1 Å². The molecular formula is C11H11ClF3NO. The zero-order valence-electron chi connectivity index (χ0n) is 9.01. The Morgan fingerprint density at radius 1 is 1.35 bits per heavy atom. The highest BCUT2D eigenvalue weighted by Crippen LogP contribution is 2.29. The molecule has 2 nitrogen and oxygen atoms in total. The lowest BCUT2D eigenvalue weighted by atomic mass is 10.1. The summed E-state index contributed by atoms with van der Waals surface area (Å²) in [5.41, 5.74) is -0.430. The van der Waals surface area contributed by atoms with Gasteiger partial charge in [-0.05, 0) is 24.3 Å². The molecule has 17 heavy (non-hydrogen) atoms. The molecule has 0 saturated heterocycles. The maximum Gasteiger partial charge on any atom is 0.416 e.